The molecule has 8 heteroatoms. The number of nitrogens with zero attached hydrogens (tertiary/aromatic N) is 1. The van der Waals surface area contributed by atoms with Crippen molar-refractivity contribution in [3.8, 4) is 5.75 Å². The Balaban J connectivity index is 1.81. The van der Waals surface area contributed by atoms with E-state index in [-0.39, 0.29) is 22.4 Å². The zero-order valence-electron chi connectivity index (χ0n) is 16.9. The van der Waals surface area contributed by atoms with Gasteiger partial charge in [-0.2, -0.15) is 0 Å². The molecule has 0 spiro atoms. The van der Waals surface area contributed by atoms with Crippen molar-refractivity contribution in [2.24, 2.45) is 0 Å². The van der Waals surface area contributed by atoms with Gasteiger partial charge in [-0.05, 0) is 67.9 Å². The molecule has 0 saturated carbocycles. The average molecular weight is 426 g/mol. The topological polar surface area (TPSA) is 97.4 Å². The fraction of sp³-hybridized carbons (Fsp3) is 0.182. The third kappa shape index (κ3) is 4.96. The highest BCUT2D eigenvalue weighted by atomic mass is 32.2. The molecule has 30 heavy (non-hydrogen) atoms. The molecule has 1 atom stereocenters. The number of ether oxygens (including phenoxy) is 1. The fourth-order valence-electron chi connectivity index (χ4n) is 2.87. The third-order valence-electron chi connectivity index (χ3n) is 4.59. The molecule has 0 aliphatic heterocycles. The SMILES string of the molecule is COc1ccc(NS(=O)(=O)c2ccc(C)c(C(=O)N[C@@H](C)c3ccccn3)c2)cc1. The van der Waals surface area contributed by atoms with Crippen LogP contribution in [-0.2, 0) is 10.0 Å². The normalized spacial score (nSPS) is 12.1. The summed E-state index contributed by atoms with van der Waals surface area (Å²) >= 11 is 0. The molecule has 0 aliphatic rings. The van der Waals surface area contributed by atoms with E-state index in [1.165, 1.54) is 19.2 Å². The molecule has 0 radical (unpaired) electrons. The maximum absolute atomic E-state index is 12.8. The van der Waals surface area contributed by atoms with Crippen LogP contribution in [0.25, 0.3) is 0 Å². The summed E-state index contributed by atoms with van der Waals surface area (Å²) in [7, 11) is -2.33. The lowest BCUT2D eigenvalue weighted by molar-refractivity contribution is 0.0938. The summed E-state index contributed by atoms with van der Waals surface area (Å²) in [5.41, 5.74) is 2.07. The van der Waals surface area contributed by atoms with Crippen molar-refractivity contribution in [3.63, 3.8) is 0 Å². The molecular formula is C22H23N3O4S. The number of aromatic nitrogens is 1. The minimum absolute atomic E-state index is 0.000410. The highest BCUT2D eigenvalue weighted by Crippen LogP contribution is 2.22. The Kier molecular flexibility index (Phi) is 6.37. The first-order valence-corrected chi connectivity index (χ1v) is 10.8. The number of carbonyl (C=O) groups excluding carboxylic acids is 1. The minimum Gasteiger partial charge on any atom is -0.497 e. The molecule has 156 valence electrons. The lowest BCUT2D eigenvalue weighted by Crippen LogP contribution is -2.28. The Morgan fingerprint density at radius 2 is 1.80 bits per heavy atom. The highest BCUT2D eigenvalue weighted by molar-refractivity contribution is 7.92. The van der Waals surface area contributed by atoms with Crippen molar-refractivity contribution in [3.05, 3.63) is 83.7 Å². The summed E-state index contributed by atoms with van der Waals surface area (Å²) in [6, 6.07) is 16.1. The predicted octanol–water partition coefficient (Wildman–Crippen LogP) is 3.69. The van der Waals surface area contributed by atoms with Gasteiger partial charge < -0.3 is 10.1 Å². The lowest BCUT2D eigenvalue weighted by Gasteiger charge is -2.15. The van der Waals surface area contributed by atoms with Crippen molar-refractivity contribution in [2.45, 2.75) is 24.8 Å². The molecule has 0 saturated heterocycles. The van der Waals surface area contributed by atoms with Gasteiger partial charge in [-0.1, -0.05) is 12.1 Å². The van der Waals surface area contributed by atoms with Gasteiger partial charge in [0.1, 0.15) is 5.75 Å². The molecule has 7 nitrogen and oxygen atoms in total. The highest BCUT2D eigenvalue weighted by Gasteiger charge is 2.20. The number of amides is 1. The van der Waals surface area contributed by atoms with E-state index in [1.807, 2.05) is 19.1 Å². The fourth-order valence-corrected chi connectivity index (χ4v) is 3.95. The number of benzene rings is 2. The Labute approximate surface area is 176 Å². The molecule has 1 heterocycles. The van der Waals surface area contributed by atoms with Crippen LogP contribution in [0.4, 0.5) is 5.69 Å². The maximum atomic E-state index is 12.8. The number of nitrogens with one attached hydrogen (secondary N) is 2. The first kappa shape index (κ1) is 21.3. The van der Waals surface area contributed by atoms with E-state index in [0.717, 1.165) is 0 Å². The average Bonchev–Trinajstić information content (AvgIpc) is 2.74. The van der Waals surface area contributed by atoms with Crippen LogP contribution in [0.3, 0.4) is 0 Å². The Morgan fingerprint density at radius 3 is 2.43 bits per heavy atom. The molecule has 1 aromatic heterocycles. The molecule has 0 unspecified atom stereocenters. The van der Waals surface area contributed by atoms with E-state index in [4.69, 9.17) is 4.74 Å². The second-order valence-corrected chi connectivity index (χ2v) is 8.44. The zero-order valence-corrected chi connectivity index (χ0v) is 17.7. The summed E-state index contributed by atoms with van der Waals surface area (Å²) in [4.78, 5) is 17.0. The van der Waals surface area contributed by atoms with Gasteiger partial charge in [0.05, 0.1) is 23.7 Å². The van der Waals surface area contributed by atoms with Gasteiger partial charge in [0.25, 0.3) is 15.9 Å². The number of aryl methyl sites for hydroxylation is 1. The van der Waals surface area contributed by atoms with E-state index in [9.17, 15) is 13.2 Å². The number of anilines is 1. The van der Waals surface area contributed by atoms with Crippen molar-refractivity contribution in [2.75, 3.05) is 11.8 Å². The summed E-state index contributed by atoms with van der Waals surface area (Å²) < 4.78 is 33.2. The Bertz CT molecular complexity index is 1130. The van der Waals surface area contributed by atoms with Gasteiger partial charge in [-0.3, -0.25) is 14.5 Å². The summed E-state index contributed by atoms with van der Waals surface area (Å²) in [6.07, 6.45) is 1.65. The van der Waals surface area contributed by atoms with Crippen LogP contribution in [0, 0.1) is 6.92 Å². The van der Waals surface area contributed by atoms with Gasteiger partial charge in [-0.15, -0.1) is 0 Å². The number of pyridine rings is 1. The second kappa shape index (κ2) is 8.96. The molecule has 2 N–H and O–H groups in total. The van der Waals surface area contributed by atoms with Crippen LogP contribution in [0.5, 0.6) is 5.75 Å². The van der Waals surface area contributed by atoms with E-state index in [1.54, 1.807) is 49.5 Å². The Hall–Kier alpha value is -3.39. The van der Waals surface area contributed by atoms with E-state index in [2.05, 4.69) is 15.0 Å². The van der Waals surface area contributed by atoms with Gasteiger partial charge in [0, 0.05) is 17.4 Å². The molecule has 1 amide bonds. The lowest BCUT2D eigenvalue weighted by atomic mass is 10.1. The zero-order chi connectivity index (χ0) is 21.7. The molecule has 0 fully saturated rings. The molecule has 2 aromatic carbocycles. The molecular weight excluding hydrogens is 402 g/mol. The predicted molar refractivity (Wildman–Crippen MR) is 115 cm³/mol. The standard InChI is InChI=1S/C22H23N3O4S/c1-15-7-12-19(30(27,28)25-17-8-10-18(29-3)11-9-17)14-20(15)22(26)24-16(2)21-6-4-5-13-23-21/h4-14,16,25H,1-3H3,(H,24,26)/t16-/m0/s1. The summed E-state index contributed by atoms with van der Waals surface area (Å²) in [6.45, 7) is 3.58. The van der Waals surface area contributed by atoms with Crippen LogP contribution in [0.1, 0.15) is 34.6 Å². The van der Waals surface area contributed by atoms with Gasteiger partial charge in [-0.25, -0.2) is 8.42 Å². The van der Waals surface area contributed by atoms with Gasteiger partial charge in [0.2, 0.25) is 0 Å². The van der Waals surface area contributed by atoms with Crippen molar-refractivity contribution < 1.29 is 17.9 Å². The van der Waals surface area contributed by atoms with Crippen molar-refractivity contribution in [1.29, 1.82) is 0 Å². The monoisotopic (exact) mass is 425 g/mol. The number of sulfonamides is 1. The molecule has 0 bridgehead atoms. The van der Waals surface area contributed by atoms with Crippen LogP contribution >= 0.6 is 0 Å². The van der Waals surface area contributed by atoms with Crippen LogP contribution < -0.4 is 14.8 Å². The summed E-state index contributed by atoms with van der Waals surface area (Å²) in [5, 5.41) is 2.86. The first-order valence-electron chi connectivity index (χ1n) is 9.29. The van der Waals surface area contributed by atoms with Crippen molar-refractivity contribution in [1.82, 2.24) is 10.3 Å². The Morgan fingerprint density at radius 1 is 1.07 bits per heavy atom. The van der Waals surface area contributed by atoms with E-state index < -0.39 is 10.0 Å². The van der Waals surface area contributed by atoms with Gasteiger partial charge >= 0.3 is 0 Å². The second-order valence-electron chi connectivity index (χ2n) is 6.76. The molecule has 0 aliphatic carbocycles. The number of hydrogen-bond donors (Lipinski definition) is 2. The van der Waals surface area contributed by atoms with E-state index >= 15 is 0 Å². The molecule has 3 aromatic rings. The quantitative estimate of drug-likeness (QED) is 0.602. The minimum atomic E-state index is -3.87. The number of carbonyl (C=O) groups is 1. The third-order valence-corrected chi connectivity index (χ3v) is 5.96. The molecule has 3 rings (SSSR count). The smallest absolute Gasteiger partial charge is 0.261 e. The van der Waals surface area contributed by atoms with Crippen molar-refractivity contribution >= 4 is 21.6 Å². The number of rotatable bonds is 7. The largest absolute Gasteiger partial charge is 0.497 e. The van der Waals surface area contributed by atoms with Gasteiger partial charge in [0.15, 0.2) is 0 Å². The number of hydrogen-bond acceptors (Lipinski definition) is 5. The maximum Gasteiger partial charge on any atom is 0.261 e. The first-order chi connectivity index (χ1) is 14.3. The van der Waals surface area contributed by atoms with Crippen LogP contribution in [0.2, 0.25) is 0 Å². The van der Waals surface area contributed by atoms with Crippen LogP contribution in [0.15, 0.2) is 71.8 Å². The van der Waals surface area contributed by atoms with Crippen LogP contribution in [-0.4, -0.2) is 26.4 Å². The van der Waals surface area contributed by atoms with E-state index in [0.29, 0.717) is 22.7 Å². The summed E-state index contributed by atoms with van der Waals surface area (Å²) in [5.74, 6) is 0.251. The number of methoxy groups -OCH3 is 1.